The van der Waals surface area contributed by atoms with E-state index in [0.29, 0.717) is 11.4 Å². The van der Waals surface area contributed by atoms with Crippen molar-refractivity contribution >= 4 is 34.1 Å². The number of nitrogens with zero attached hydrogens (tertiary/aromatic N) is 2. The van der Waals surface area contributed by atoms with Crippen LogP contribution in [0.4, 0.5) is 34.1 Å². The minimum atomic E-state index is -0.755. The van der Waals surface area contributed by atoms with Crippen LogP contribution in [0, 0.1) is 0 Å². The van der Waals surface area contributed by atoms with Crippen molar-refractivity contribution in [1.82, 2.24) is 0 Å². The molecule has 0 aromatic heterocycles. The second-order valence-electron chi connectivity index (χ2n) is 16.5. The van der Waals surface area contributed by atoms with Gasteiger partial charge in [0.15, 0.2) is 0 Å². The van der Waals surface area contributed by atoms with Gasteiger partial charge >= 0.3 is 0 Å². The maximum Gasteiger partial charge on any atom is 0.0727 e. The Bertz CT molecular complexity index is 3360. The van der Waals surface area contributed by atoms with Crippen LogP contribution in [0.2, 0.25) is 0 Å². The Balaban J connectivity index is 1.14. The number of hydrogen-bond acceptors (Lipinski definition) is 2. The summed E-state index contributed by atoms with van der Waals surface area (Å²) in [5.74, 6) is 0. The molecule has 0 saturated heterocycles. The Morgan fingerprint density at radius 1 is 0.317 bits per heavy atom. The monoisotopic (exact) mass is 771 g/mol. The molecule has 284 valence electrons. The lowest BCUT2D eigenvalue weighted by molar-refractivity contribution is 0.660. The average Bonchev–Trinajstić information content (AvgIpc) is 3.90. The largest absolute Gasteiger partial charge is 0.310 e. The van der Waals surface area contributed by atoms with E-state index >= 15 is 0 Å². The van der Waals surface area contributed by atoms with Crippen molar-refractivity contribution in [3.63, 3.8) is 0 Å². The molecule has 9 aromatic carbocycles. The molecule has 0 heterocycles. The summed E-state index contributed by atoms with van der Waals surface area (Å²) < 4.78 is 45.1. The molecule has 0 amide bonds. The SMILES string of the molecule is [2H]c1c([2H])c([2H])c(N(c2ccc3c(c2)-c2ccccc2C3(C)C)c2ccc3c(c2)C2(c4ccccc4-c4ccc(N(c5ccccc5)c5ccccc5)cc42)c2ccccc2-3)c([2H])c1[2H]. The van der Waals surface area contributed by atoms with E-state index in [4.69, 9.17) is 4.11 Å². The van der Waals surface area contributed by atoms with Crippen molar-refractivity contribution in [2.75, 3.05) is 9.80 Å². The molecule has 0 N–H and O–H groups in total. The highest BCUT2D eigenvalue weighted by atomic mass is 15.1. The highest BCUT2D eigenvalue weighted by Gasteiger charge is 2.52. The Morgan fingerprint density at radius 3 is 1.27 bits per heavy atom. The van der Waals surface area contributed by atoms with Gasteiger partial charge in [-0.2, -0.15) is 0 Å². The number of fused-ring (bicyclic) bond motifs is 13. The van der Waals surface area contributed by atoms with Crippen LogP contribution in [0.25, 0.3) is 33.4 Å². The number of rotatable bonds is 6. The van der Waals surface area contributed by atoms with E-state index in [-0.39, 0.29) is 35.3 Å². The van der Waals surface area contributed by atoms with Crippen LogP contribution in [0.5, 0.6) is 0 Å². The third-order valence-corrected chi connectivity index (χ3v) is 13.1. The molecule has 60 heavy (non-hydrogen) atoms. The summed E-state index contributed by atoms with van der Waals surface area (Å²) in [7, 11) is 0. The number of para-hydroxylation sites is 3. The topological polar surface area (TPSA) is 6.48 Å². The molecule has 12 rings (SSSR count). The molecule has 0 radical (unpaired) electrons. The fraction of sp³-hybridized carbons (Fsp3) is 0.0690. The zero-order valence-electron chi connectivity index (χ0n) is 38.3. The minimum absolute atomic E-state index is 0.0990. The second kappa shape index (κ2) is 13.0. The molecule has 0 saturated carbocycles. The van der Waals surface area contributed by atoms with Crippen molar-refractivity contribution in [2.24, 2.45) is 0 Å². The standard InChI is InChI=1S/C58H42N2/c1-57(2)51-27-15-12-26-47(51)50-36-42(32-35-52(50)57)60(41-22-10-5-11-23-41)44-31-34-49-46-25-14-17-29-54(46)58(56(49)38-44)53-28-16-13-24-45(53)48-33-30-43(37-55(48)58)59(39-18-6-3-7-19-39)40-20-8-4-9-21-40/h3-38H,1-2H3/i5D,10D,11D,22D,23D. The molecule has 9 aromatic rings. The molecule has 3 aliphatic carbocycles. The summed E-state index contributed by atoms with van der Waals surface area (Å²) in [5.41, 5.74) is 17.3. The Hall–Kier alpha value is -7.42. The van der Waals surface area contributed by atoms with Crippen molar-refractivity contribution < 1.29 is 6.85 Å². The predicted octanol–water partition coefficient (Wildman–Crippen LogP) is 15.3. The van der Waals surface area contributed by atoms with Gasteiger partial charge in [-0.1, -0.05) is 159 Å². The maximum atomic E-state index is 9.40. The first-order chi connectivity index (χ1) is 31.6. The predicted molar refractivity (Wildman–Crippen MR) is 250 cm³/mol. The van der Waals surface area contributed by atoms with E-state index in [0.717, 1.165) is 61.6 Å². The zero-order valence-corrected chi connectivity index (χ0v) is 33.3. The third kappa shape index (κ3) is 4.82. The van der Waals surface area contributed by atoms with Gasteiger partial charge in [-0.3, -0.25) is 0 Å². The lowest BCUT2D eigenvalue weighted by Gasteiger charge is -2.33. The van der Waals surface area contributed by atoms with Crippen molar-refractivity contribution in [3.05, 3.63) is 252 Å². The van der Waals surface area contributed by atoms with E-state index < -0.39 is 11.5 Å². The van der Waals surface area contributed by atoms with Crippen molar-refractivity contribution in [3.8, 4) is 33.4 Å². The first-order valence-electron chi connectivity index (χ1n) is 23.1. The van der Waals surface area contributed by atoms with Crippen LogP contribution < -0.4 is 9.80 Å². The number of anilines is 6. The third-order valence-electron chi connectivity index (χ3n) is 13.1. The van der Waals surface area contributed by atoms with E-state index in [9.17, 15) is 2.74 Å². The normalized spacial score (nSPS) is 16.9. The van der Waals surface area contributed by atoms with Crippen LogP contribution >= 0.6 is 0 Å². The average molecular weight is 772 g/mol. The Morgan fingerprint density at radius 2 is 0.717 bits per heavy atom. The van der Waals surface area contributed by atoms with Gasteiger partial charge < -0.3 is 9.80 Å². The van der Waals surface area contributed by atoms with Crippen LogP contribution in [0.1, 0.15) is 54.1 Å². The molecular weight excluding hydrogens is 725 g/mol. The summed E-state index contributed by atoms with van der Waals surface area (Å²) in [6.07, 6.45) is 0. The quantitative estimate of drug-likeness (QED) is 0.166. The summed E-state index contributed by atoms with van der Waals surface area (Å²) >= 11 is 0. The number of hydrogen-bond donors (Lipinski definition) is 0. The Kier molecular flexibility index (Phi) is 6.47. The second-order valence-corrected chi connectivity index (χ2v) is 16.5. The van der Waals surface area contributed by atoms with E-state index in [1.54, 1.807) is 0 Å². The summed E-state index contributed by atoms with van der Waals surface area (Å²) in [5, 5.41) is 0. The molecule has 1 unspecified atom stereocenters. The summed E-state index contributed by atoms with van der Waals surface area (Å²) in [4.78, 5) is 4.19. The van der Waals surface area contributed by atoms with Gasteiger partial charge in [0.2, 0.25) is 0 Å². The minimum Gasteiger partial charge on any atom is -0.310 e. The fourth-order valence-electron chi connectivity index (χ4n) is 10.6. The van der Waals surface area contributed by atoms with Gasteiger partial charge in [0.1, 0.15) is 0 Å². The fourth-order valence-corrected chi connectivity index (χ4v) is 10.6. The lowest BCUT2D eigenvalue weighted by atomic mass is 9.70. The molecular formula is C58H42N2. The van der Waals surface area contributed by atoms with Crippen molar-refractivity contribution in [2.45, 2.75) is 24.7 Å². The number of benzene rings is 9. The Labute approximate surface area is 359 Å². The lowest BCUT2D eigenvalue weighted by Crippen LogP contribution is -2.26. The van der Waals surface area contributed by atoms with Gasteiger partial charge in [-0.15, -0.1) is 0 Å². The zero-order chi connectivity index (χ0) is 44.4. The van der Waals surface area contributed by atoms with Crippen LogP contribution in [0.3, 0.4) is 0 Å². The van der Waals surface area contributed by atoms with Gasteiger partial charge in [-0.25, -0.2) is 0 Å². The molecule has 3 aliphatic rings. The van der Waals surface area contributed by atoms with Gasteiger partial charge in [0, 0.05) is 39.5 Å². The molecule has 1 spiro atoms. The molecule has 1 atom stereocenters. The van der Waals surface area contributed by atoms with Gasteiger partial charge in [0.05, 0.1) is 12.3 Å². The van der Waals surface area contributed by atoms with E-state index in [2.05, 4.69) is 183 Å². The highest BCUT2D eigenvalue weighted by molar-refractivity contribution is 5.98. The van der Waals surface area contributed by atoms with Crippen LogP contribution in [-0.4, -0.2) is 0 Å². The molecule has 0 fully saturated rings. The maximum absolute atomic E-state index is 9.40. The first kappa shape index (κ1) is 29.7. The highest BCUT2D eigenvalue weighted by Crippen LogP contribution is 2.64. The van der Waals surface area contributed by atoms with Crippen molar-refractivity contribution in [1.29, 1.82) is 0 Å². The summed E-state index contributed by atoms with van der Waals surface area (Å²) in [6.45, 7) is 4.48. The smallest absolute Gasteiger partial charge is 0.0727 e. The van der Waals surface area contributed by atoms with E-state index in [1.807, 2.05) is 29.2 Å². The first-order valence-corrected chi connectivity index (χ1v) is 20.6. The molecule has 2 nitrogen and oxygen atoms in total. The molecule has 2 heteroatoms. The van der Waals surface area contributed by atoms with Gasteiger partial charge in [-0.05, 0) is 140 Å². The molecule has 0 bridgehead atoms. The van der Waals surface area contributed by atoms with Crippen LogP contribution in [-0.2, 0) is 10.8 Å². The molecule has 0 aliphatic heterocycles. The van der Waals surface area contributed by atoms with Gasteiger partial charge in [0.25, 0.3) is 0 Å². The summed E-state index contributed by atoms with van der Waals surface area (Å²) in [6, 6.07) is 64.7. The van der Waals surface area contributed by atoms with Crippen LogP contribution in [0.15, 0.2) is 218 Å². The van der Waals surface area contributed by atoms with E-state index in [1.165, 1.54) is 22.3 Å².